The molecule has 1 aliphatic rings. The summed E-state index contributed by atoms with van der Waals surface area (Å²) in [5.74, 6) is 0.0105. The number of carbonyl (C=O) groups is 2. The number of anilines is 2. The molecular weight excluding hydrogens is 386 g/mol. The fourth-order valence-electron chi connectivity index (χ4n) is 3.77. The van der Waals surface area contributed by atoms with Gasteiger partial charge in [-0.1, -0.05) is 35.9 Å². The van der Waals surface area contributed by atoms with Crippen molar-refractivity contribution in [3.8, 4) is 0 Å². The van der Waals surface area contributed by atoms with Crippen LogP contribution in [0, 0.1) is 20.8 Å². The van der Waals surface area contributed by atoms with Gasteiger partial charge in [-0.3, -0.25) is 4.79 Å². The normalized spacial score (nSPS) is 12.4. The molecule has 1 heterocycles. The average molecular weight is 414 g/mol. The van der Waals surface area contributed by atoms with Crippen LogP contribution in [0.25, 0.3) is 0 Å². The molecule has 31 heavy (non-hydrogen) atoms. The van der Waals surface area contributed by atoms with Crippen LogP contribution >= 0.6 is 0 Å². The second-order valence-electron chi connectivity index (χ2n) is 8.14. The van der Waals surface area contributed by atoms with Crippen molar-refractivity contribution in [2.75, 3.05) is 16.8 Å². The molecule has 3 aromatic carbocycles. The third-order valence-corrected chi connectivity index (χ3v) is 5.81. The van der Waals surface area contributed by atoms with Gasteiger partial charge in [-0.05, 0) is 79.8 Å². The standard InChI is InChI=1S/C26H27N3O2/c1-17-4-8-22(9-5-17)25(30)29-13-12-21-10-7-20(15-24(21)29)16-27-26(31)28-23-11-6-18(2)19(3)14-23/h4-11,14-15H,12-13,16H2,1-3H3,(H2,27,28,31). The molecule has 158 valence electrons. The van der Waals surface area contributed by atoms with Crippen molar-refractivity contribution < 1.29 is 9.59 Å². The van der Waals surface area contributed by atoms with Crippen LogP contribution in [0.2, 0.25) is 0 Å². The zero-order valence-electron chi connectivity index (χ0n) is 18.2. The first-order valence-corrected chi connectivity index (χ1v) is 10.5. The highest BCUT2D eigenvalue weighted by atomic mass is 16.2. The van der Waals surface area contributed by atoms with Gasteiger partial charge in [0.05, 0.1) is 0 Å². The van der Waals surface area contributed by atoms with Gasteiger partial charge in [-0.25, -0.2) is 4.79 Å². The summed E-state index contributed by atoms with van der Waals surface area (Å²) in [6.45, 7) is 7.13. The molecule has 0 aliphatic carbocycles. The van der Waals surface area contributed by atoms with E-state index in [0.717, 1.165) is 40.0 Å². The van der Waals surface area contributed by atoms with Crippen molar-refractivity contribution in [1.82, 2.24) is 5.32 Å². The minimum Gasteiger partial charge on any atom is -0.334 e. The molecule has 0 saturated heterocycles. The lowest BCUT2D eigenvalue weighted by Gasteiger charge is -2.18. The van der Waals surface area contributed by atoms with Gasteiger partial charge in [-0.15, -0.1) is 0 Å². The van der Waals surface area contributed by atoms with E-state index in [4.69, 9.17) is 0 Å². The summed E-state index contributed by atoms with van der Waals surface area (Å²) in [7, 11) is 0. The van der Waals surface area contributed by atoms with E-state index < -0.39 is 0 Å². The Kier molecular flexibility index (Phi) is 5.76. The van der Waals surface area contributed by atoms with Crippen LogP contribution in [0.4, 0.5) is 16.2 Å². The first-order valence-electron chi connectivity index (χ1n) is 10.5. The van der Waals surface area contributed by atoms with Crippen LogP contribution in [0.3, 0.4) is 0 Å². The van der Waals surface area contributed by atoms with E-state index in [2.05, 4.69) is 16.7 Å². The molecule has 0 radical (unpaired) electrons. The number of hydrogen-bond donors (Lipinski definition) is 2. The molecule has 0 atom stereocenters. The summed E-state index contributed by atoms with van der Waals surface area (Å²) < 4.78 is 0. The minimum atomic E-state index is -0.253. The van der Waals surface area contributed by atoms with E-state index >= 15 is 0 Å². The topological polar surface area (TPSA) is 61.4 Å². The SMILES string of the molecule is Cc1ccc(C(=O)N2CCc3ccc(CNC(=O)Nc4ccc(C)c(C)c4)cc32)cc1. The van der Waals surface area contributed by atoms with Crippen LogP contribution in [0.5, 0.6) is 0 Å². The number of amides is 3. The van der Waals surface area contributed by atoms with Crippen LogP contribution < -0.4 is 15.5 Å². The average Bonchev–Trinajstić information content (AvgIpc) is 3.18. The largest absolute Gasteiger partial charge is 0.334 e. The zero-order chi connectivity index (χ0) is 22.0. The van der Waals surface area contributed by atoms with E-state index in [1.54, 1.807) is 0 Å². The Bertz CT molecular complexity index is 1140. The first kappa shape index (κ1) is 20.7. The van der Waals surface area contributed by atoms with Crippen molar-refractivity contribution in [3.05, 3.63) is 94.0 Å². The van der Waals surface area contributed by atoms with Gasteiger partial charge in [0, 0.05) is 30.0 Å². The molecule has 0 saturated carbocycles. The molecule has 5 heteroatoms. The van der Waals surface area contributed by atoms with Gasteiger partial charge < -0.3 is 15.5 Å². The summed E-state index contributed by atoms with van der Waals surface area (Å²) >= 11 is 0. The van der Waals surface area contributed by atoms with Crippen LogP contribution in [0.1, 0.15) is 38.2 Å². The predicted molar refractivity (Wildman–Crippen MR) is 125 cm³/mol. The summed E-state index contributed by atoms with van der Waals surface area (Å²) in [6.07, 6.45) is 0.841. The van der Waals surface area contributed by atoms with Gasteiger partial charge in [0.2, 0.25) is 0 Å². The number of urea groups is 1. The number of nitrogens with one attached hydrogen (secondary N) is 2. The second-order valence-corrected chi connectivity index (χ2v) is 8.14. The monoisotopic (exact) mass is 413 g/mol. The van der Waals surface area contributed by atoms with Crippen LogP contribution in [-0.4, -0.2) is 18.5 Å². The molecular formula is C26H27N3O2. The van der Waals surface area contributed by atoms with Crippen molar-refractivity contribution >= 4 is 23.3 Å². The highest BCUT2D eigenvalue weighted by Gasteiger charge is 2.25. The van der Waals surface area contributed by atoms with E-state index in [9.17, 15) is 9.59 Å². The number of aryl methyl sites for hydroxylation is 3. The first-order chi connectivity index (χ1) is 14.9. The predicted octanol–water partition coefficient (Wildman–Crippen LogP) is 5.14. The summed E-state index contributed by atoms with van der Waals surface area (Å²) in [6, 6.07) is 19.3. The molecule has 0 bridgehead atoms. The van der Waals surface area contributed by atoms with Gasteiger partial charge in [0.1, 0.15) is 0 Å². The summed E-state index contributed by atoms with van der Waals surface area (Å²) in [5.41, 5.74) is 7.95. The van der Waals surface area contributed by atoms with E-state index in [0.29, 0.717) is 18.7 Å². The maximum absolute atomic E-state index is 13.0. The number of hydrogen-bond acceptors (Lipinski definition) is 2. The van der Waals surface area contributed by atoms with E-state index in [1.165, 1.54) is 5.56 Å². The van der Waals surface area contributed by atoms with Gasteiger partial charge in [0.15, 0.2) is 0 Å². The Labute approximate surface area is 183 Å². The molecule has 0 fully saturated rings. The molecule has 0 unspecified atom stereocenters. The maximum Gasteiger partial charge on any atom is 0.319 e. The summed E-state index contributed by atoms with van der Waals surface area (Å²) in [5, 5.41) is 5.77. The number of carbonyl (C=O) groups excluding carboxylic acids is 2. The van der Waals surface area contributed by atoms with Crippen molar-refractivity contribution in [3.63, 3.8) is 0 Å². The van der Waals surface area contributed by atoms with Gasteiger partial charge in [-0.2, -0.15) is 0 Å². The highest BCUT2D eigenvalue weighted by Crippen LogP contribution is 2.30. The number of rotatable bonds is 4. The quantitative estimate of drug-likeness (QED) is 0.622. The molecule has 0 aromatic heterocycles. The smallest absolute Gasteiger partial charge is 0.319 e. The number of nitrogens with zero attached hydrogens (tertiary/aromatic N) is 1. The fraction of sp³-hybridized carbons (Fsp3) is 0.231. The Morgan fingerprint density at radius 1 is 0.903 bits per heavy atom. The molecule has 0 spiro atoms. The zero-order valence-corrected chi connectivity index (χ0v) is 18.2. The minimum absolute atomic E-state index is 0.0105. The molecule has 1 aliphatic heterocycles. The molecule has 3 amide bonds. The molecule has 4 rings (SSSR count). The summed E-state index contributed by atoms with van der Waals surface area (Å²) in [4.78, 5) is 27.1. The van der Waals surface area contributed by atoms with E-state index in [-0.39, 0.29) is 11.9 Å². The lowest BCUT2D eigenvalue weighted by atomic mass is 10.1. The highest BCUT2D eigenvalue weighted by molar-refractivity contribution is 6.07. The van der Waals surface area contributed by atoms with Gasteiger partial charge in [0.25, 0.3) is 5.91 Å². The molecule has 5 nitrogen and oxygen atoms in total. The Balaban J connectivity index is 1.42. The van der Waals surface area contributed by atoms with Crippen molar-refractivity contribution in [1.29, 1.82) is 0 Å². The van der Waals surface area contributed by atoms with Gasteiger partial charge >= 0.3 is 6.03 Å². The Morgan fingerprint density at radius 3 is 2.42 bits per heavy atom. The third kappa shape index (κ3) is 4.61. The lowest BCUT2D eigenvalue weighted by Crippen LogP contribution is -2.29. The van der Waals surface area contributed by atoms with Crippen molar-refractivity contribution in [2.45, 2.75) is 33.7 Å². The maximum atomic E-state index is 13.0. The molecule has 2 N–H and O–H groups in total. The Morgan fingerprint density at radius 2 is 1.68 bits per heavy atom. The third-order valence-electron chi connectivity index (χ3n) is 5.81. The van der Waals surface area contributed by atoms with Crippen LogP contribution in [0.15, 0.2) is 60.7 Å². The van der Waals surface area contributed by atoms with Crippen LogP contribution in [-0.2, 0) is 13.0 Å². The lowest BCUT2D eigenvalue weighted by molar-refractivity contribution is 0.0989. The number of fused-ring (bicyclic) bond motifs is 1. The van der Waals surface area contributed by atoms with E-state index in [1.807, 2.05) is 80.3 Å². The fourth-order valence-corrected chi connectivity index (χ4v) is 3.77. The Hall–Kier alpha value is -3.60. The van der Waals surface area contributed by atoms with Crippen molar-refractivity contribution in [2.24, 2.45) is 0 Å². The number of benzene rings is 3. The second kappa shape index (κ2) is 8.64. The molecule has 3 aromatic rings.